The van der Waals surface area contributed by atoms with Gasteiger partial charge in [-0.25, -0.2) is 0 Å². The molecule has 0 bridgehead atoms. The molecular formula is C30H44O5. The number of Topliss-reactive ketones (excluding diaryl/α,β-unsaturated/α-hetero) is 2. The highest BCUT2D eigenvalue weighted by Gasteiger charge is 2.52. The smallest absolute Gasteiger partial charge is 0.184 e. The molecule has 5 nitrogen and oxygen atoms in total. The Morgan fingerprint density at radius 3 is 2.00 bits per heavy atom. The van der Waals surface area contributed by atoms with E-state index in [1.165, 1.54) is 0 Å². The molecule has 3 atom stereocenters. The van der Waals surface area contributed by atoms with Crippen LogP contribution in [0.15, 0.2) is 58.1 Å². The lowest BCUT2D eigenvalue weighted by atomic mass is 9.65. The van der Waals surface area contributed by atoms with E-state index < -0.39 is 34.3 Å². The lowest BCUT2D eigenvalue weighted by Crippen LogP contribution is -2.42. The first-order valence-corrected chi connectivity index (χ1v) is 12.6. The number of aliphatic hydroxyl groups is 3. The largest absolute Gasteiger partial charge is 0.511 e. The van der Waals surface area contributed by atoms with E-state index in [4.69, 9.17) is 0 Å². The van der Waals surface area contributed by atoms with Crippen molar-refractivity contribution in [1.29, 1.82) is 0 Å². The van der Waals surface area contributed by atoms with Gasteiger partial charge in [-0.15, -0.1) is 0 Å². The predicted molar refractivity (Wildman–Crippen MR) is 141 cm³/mol. The van der Waals surface area contributed by atoms with Gasteiger partial charge in [-0.05, 0) is 85.5 Å². The Morgan fingerprint density at radius 1 is 1.09 bits per heavy atom. The minimum Gasteiger partial charge on any atom is -0.511 e. The van der Waals surface area contributed by atoms with Gasteiger partial charge < -0.3 is 15.3 Å². The third kappa shape index (κ3) is 5.88. The van der Waals surface area contributed by atoms with Crippen LogP contribution in [0.3, 0.4) is 0 Å². The number of carbonyl (C=O) groups excluding carboxylic acids is 2. The van der Waals surface area contributed by atoms with E-state index in [-0.39, 0.29) is 48.0 Å². The molecule has 2 aliphatic rings. The van der Waals surface area contributed by atoms with Crippen molar-refractivity contribution in [3.05, 3.63) is 58.1 Å². The SMILES string of the molecule is C=C(C)[C@H]1C[C@H](CC2=C(O)C(CC=C(C)C)(CC=C(C)C)C(=O)C(C(=O)C(C)C)=C2O)[C@](C)(O)C1. The molecule has 0 saturated heterocycles. The van der Waals surface area contributed by atoms with Crippen LogP contribution in [-0.4, -0.2) is 32.5 Å². The fourth-order valence-corrected chi connectivity index (χ4v) is 5.21. The summed E-state index contributed by atoms with van der Waals surface area (Å²) < 4.78 is 0. The number of ketones is 2. The summed E-state index contributed by atoms with van der Waals surface area (Å²) in [5, 5.41) is 34.1. The first-order valence-electron chi connectivity index (χ1n) is 12.6. The van der Waals surface area contributed by atoms with Crippen LogP contribution in [0.4, 0.5) is 0 Å². The molecule has 2 rings (SSSR count). The molecule has 3 N–H and O–H groups in total. The zero-order valence-corrected chi connectivity index (χ0v) is 22.8. The summed E-state index contributed by atoms with van der Waals surface area (Å²) in [4.78, 5) is 27.1. The van der Waals surface area contributed by atoms with Gasteiger partial charge in [0.15, 0.2) is 11.6 Å². The van der Waals surface area contributed by atoms with Gasteiger partial charge in [0.1, 0.15) is 17.1 Å². The zero-order valence-electron chi connectivity index (χ0n) is 22.8. The van der Waals surface area contributed by atoms with E-state index in [1.54, 1.807) is 20.8 Å². The Bertz CT molecular complexity index is 987. The monoisotopic (exact) mass is 484 g/mol. The summed E-state index contributed by atoms with van der Waals surface area (Å²) in [7, 11) is 0. The second kappa shape index (κ2) is 10.7. The molecule has 194 valence electrons. The molecule has 0 spiro atoms. The van der Waals surface area contributed by atoms with Crippen molar-refractivity contribution in [3.63, 3.8) is 0 Å². The summed E-state index contributed by atoms with van der Waals surface area (Å²) in [6, 6.07) is 0. The molecule has 0 aromatic rings. The van der Waals surface area contributed by atoms with E-state index in [1.807, 2.05) is 46.8 Å². The lowest BCUT2D eigenvalue weighted by Gasteiger charge is -2.38. The highest BCUT2D eigenvalue weighted by atomic mass is 16.3. The number of hydrogen-bond donors (Lipinski definition) is 3. The predicted octanol–water partition coefficient (Wildman–Crippen LogP) is 6.86. The highest BCUT2D eigenvalue weighted by molar-refractivity contribution is 6.24. The van der Waals surface area contributed by atoms with Gasteiger partial charge in [-0.3, -0.25) is 9.59 Å². The first kappa shape index (κ1) is 28.8. The van der Waals surface area contributed by atoms with Crippen LogP contribution >= 0.6 is 0 Å². The standard InChI is InChI=1S/C30H44O5/c1-17(2)10-12-30(13-11-18(3)4)27(33)23(26(32)24(28(30)34)25(31)20(7)8)15-22-14-21(19(5)6)16-29(22,9)35/h10-11,20-22,32-33,35H,5,12-16H2,1-4,6-9H3/t21-,22+,29+/m0/s1. The zero-order chi connectivity index (χ0) is 26.9. The maximum absolute atomic E-state index is 13.9. The summed E-state index contributed by atoms with van der Waals surface area (Å²) >= 11 is 0. The Labute approximate surface area is 211 Å². The van der Waals surface area contributed by atoms with Crippen molar-refractivity contribution in [3.8, 4) is 0 Å². The number of hydrogen-bond acceptors (Lipinski definition) is 5. The quantitative estimate of drug-likeness (QED) is 0.245. The molecule has 1 saturated carbocycles. The minimum absolute atomic E-state index is 0.131. The lowest BCUT2D eigenvalue weighted by molar-refractivity contribution is -0.129. The number of aliphatic hydroxyl groups excluding tert-OH is 2. The van der Waals surface area contributed by atoms with Crippen molar-refractivity contribution in [1.82, 2.24) is 0 Å². The van der Waals surface area contributed by atoms with E-state index in [9.17, 15) is 24.9 Å². The molecule has 0 heterocycles. The minimum atomic E-state index is -1.38. The summed E-state index contributed by atoms with van der Waals surface area (Å²) in [6.07, 6.45) is 5.59. The van der Waals surface area contributed by atoms with Crippen LogP contribution in [0, 0.1) is 23.2 Å². The fraction of sp³-hybridized carbons (Fsp3) is 0.600. The third-order valence-electron chi connectivity index (χ3n) is 7.67. The topological polar surface area (TPSA) is 94.8 Å². The van der Waals surface area contributed by atoms with Crippen LogP contribution < -0.4 is 0 Å². The Morgan fingerprint density at radius 2 is 1.60 bits per heavy atom. The molecule has 5 heteroatoms. The molecule has 0 aliphatic heterocycles. The van der Waals surface area contributed by atoms with E-state index >= 15 is 0 Å². The Hall–Kier alpha value is -2.40. The average Bonchev–Trinajstić information content (AvgIpc) is 3.04. The van der Waals surface area contributed by atoms with Crippen molar-refractivity contribution in [2.24, 2.45) is 23.2 Å². The number of allylic oxidation sites excluding steroid dienone is 8. The molecule has 35 heavy (non-hydrogen) atoms. The van der Waals surface area contributed by atoms with Crippen LogP contribution in [-0.2, 0) is 9.59 Å². The third-order valence-corrected chi connectivity index (χ3v) is 7.67. The second-order valence-electron chi connectivity index (χ2n) is 11.7. The maximum Gasteiger partial charge on any atom is 0.184 e. The van der Waals surface area contributed by atoms with Crippen LogP contribution in [0.1, 0.15) is 87.5 Å². The van der Waals surface area contributed by atoms with Crippen molar-refractivity contribution in [2.75, 3.05) is 0 Å². The molecule has 0 radical (unpaired) electrons. The fourth-order valence-electron chi connectivity index (χ4n) is 5.21. The second-order valence-corrected chi connectivity index (χ2v) is 11.7. The van der Waals surface area contributed by atoms with Gasteiger partial charge in [0.25, 0.3) is 0 Å². The number of rotatable bonds is 9. The maximum atomic E-state index is 13.9. The van der Waals surface area contributed by atoms with Gasteiger partial charge in [-0.2, -0.15) is 0 Å². The summed E-state index contributed by atoms with van der Waals surface area (Å²) in [5.41, 5.74) is 0.528. The van der Waals surface area contributed by atoms with Crippen molar-refractivity contribution in [2.45, 2.75) is 93.1 Å². The van der Waals surface area contributed by atoms with Crippen LogP contribution in [0.2, 0.25) is 0 Å². The molecule has 0 unspecified atom stereocenters. The molecule has 0 amide bonds. The van der Waals surface area contributed by atoms with Crippen molar-refractivity contribution < 1.29 is 24.9 Å². The summed E-state index contributed by atoms with van der Waals surface area (Å²) in [5.74, 6) is -2.24. The molecule has 0 aromatic carbocycles. The normalized spacial score (nSPS) is 26.3. The van der Waals surface area contributed by atoms with Crippen molar-refractivity contribution >= 4 is 11.6 Å². The molecule has 2 aliphatic carbocycles. The van der Waals surface area contributed by atoms with E-state index in [2.05, 4.69) is 6.58 Å². The number of carbonyl (C=O) groups is 2. The van der Waals surface area contributed by atoms with Crippen LogP contribution in [0.25, 0.3) is 0 Å². The molecular weight excluding hydrogens is 440 g/mol. The summed E-state index contributed by atoms with van der Waals surface area (Å²) in [6.45, 7) is 18.8. The van der Waals surface area contributed by atoms with Gasteiger partial charge in [-0.1, -0.05) is 49.3 Å². The Kier molecular flexibility index (Phi) is 8.81. The van der Waals surface area contributed by atoms with Gasteiger partial charge in [0.05, 0.1) is 11.0 Å². The van der Waals surface area contributed by atoms with Crippen LogP contribution in [0.5, 0.6) is 0 Å². The van der Waals surface area contributed by atoms with E-state index in [0.29, 0.717) is 12.8 Å². The van der Waals surface area contributed by atoms with E-state index in [0.717, 1.165) is 16.7 Å². The molecule has 1 fully saturated rings. The molecule has 0 aromatic heterocycles. The highest BCUT2D eigenvalue weighted by Crippen LogP contribution is 2.51. The van der Waals surface area contributed by atoms with Gasteiger partial charge in [0.2, 0.25) is 0 Å². The van der Waals surface area contributed by atoms with Gasteiger partial charge in [0, 0.05) is 11.5 Å². The Balaban J connectivity index is 2.77. The average molecular weight is 485 g/mol. The van der Waals surface area contributed by atoms with Gasteiger partial charge >= 0.3 is 0 Å². The first-order chi connectivity index (χ1) is 16.0.